The smallest absolute Gasteiger partial charge is 0.312 e. The third-order valence-electron chi connectivity index (χ3n) is 8.49. The lowest BCUT2D eigenvalue weighted by Gasteiger charge is -2.33. The number of nitrogen functional groups attached to an aromatic ring is 1. The Morgan fingerprint density at radius 1 is 1.10 bits per heavy atom. The van der Waals surface area contributed by atoms with Gasteiger partial charge in [-0.15, -0.1) is 11.3 Å². The SMILES string of the molecule is CCNc1ccc([C@H](c2cc(CNC[C@@H](C)Cc3ncccc3C)c(C)s2)C(C)(C)C(=O)OCc2ccccc2)c(C)c1N.N.O=CO. The van der Waals surface area contributed by atoms with Crippen molar-refractivity contribution in [3.63, 3.8) is 0 Å². The Morgan fingerprint density at radius 2 is 1.79 bits per heavy atom. The number of pyridine rings is 1. The van der Waals surface area contributed by atoms with Gasteiger partial charge in [-0.2, -0.15) is 0 Å². The molecule has 0 aliphatic rings. The van der Waals surface area contributed by atoms with E-state index in [4.69, 9.17) is 20.4 Å². The number of rotatable bonds is 14. The minimum Gasteiger partial charge on any atom is -0.483 e. The highest BCUT2D eigenvalue weighted by molar-refractivity contribution is 7.12. The summed E-state index contributed by atoms with van der Waals surface area (Å²) in [7, 11) is 0. The molecule has 260 valence electrons. The number of benzene rings is 2. The van der Waals surface area contributed by atoms with Crippen molar-refractivity contribution in [2.75, 3.05) is 24.1 Å². The minimum atomic E-state index is -0.845. The van der Waals surface area contributed by atoms with Gasteiger partial charge in [-0.3, -0.25) is 14.6 Å². The zero-order chi connectivity index (χ0) is 34.6. The Hall–Kier alpha value is -4.25. The predicted molar refractivity (Wildman–Crippen MR) is 198 cm³/mol. The van der Waals surface area contributed by atoms with E-state index in [0.29, 0.717) is 5.92 Å². The number of nitrogens with one attached hydrogen (secondary N) is 2. The van der Waals surface area contributed by atoms with Crippen LogP contribution in [0.3, 0.4) is 0 Å². The molecule has 0 saturated carbocycles. The third-order valence-corrected chi connectivity index (χ3v) is 9.65. The number of aromatic nitrogens is 1. The van der Waals surface area contributed by atoms with Crippen molar-refractivity contribution in [2.24, 2.45) is 11.3 Å². The van der Waals surface area contributed by atoms with E-state index in [0.717, 1.165) is 64.7 Å². The highest BCUT2D eigenvalue weighted by atomic mass is 32.1. The van der Waals surface area contributed by atoms with E-state index in [9.17, 15) is 4.79 Å². The molecule has 9 nitrogen and oxygen atoms in total. The fourth-order valence-corrected chi connectivity index (χ4v) is 7.13. The molecule has 4 aromatic rings. The number of ether oxygens (including phenoxy) is 1. The summed E-state index contributed by atoms with van der Waals surface area (Å²) in [6, 6.07) is 20.4. The number of esters is 1. The van der Waals surface area contributed by atoms with Gasteiger partial charge >= 0.3 is 5.97 Å². The van der Waals surface area contributed by atoms with Crippen LogP contribution in [0.4, 0.5) is 11.4 Å². The molecule has 2 heterocycles. The molecule has 4 rings (SSSR count). The van der Waals surface area contributed by atoms with E-state index in [2.05, 4.69) is 68.4 Å². The van der Waals surface area contributed by atoms with Crippen LogP contribution in [0.25, 0.3) is 0 Å². The van der Waals surface area contributed by atoms with Crippen LogP contribution in [-0.4, -0.2) is 35.6 Å². The van der Waals surface area contributed by atoms with Crippen molar-refractivity contribution in [1.29, 1.82) is 0 Å². The normalized spacial score (nSPS) is 12.1. The van der Waals surface area contributed by atoms with Gasteiger partial charge in [0, 0.05) is 40.7 Å². The molecular formula is C38H53N5O4S. The molecule has 0 unspecified atom stereocenters. The maximum atomic E-state index is 13.8. The third kappa shape index (κ3) is 10.4. The van der Waals surface area contributed by atoms with Crippen LogP contribution in [0.5, 0.6) is 0 Å². The number of aryl methyl sites for hydroxylation is 2. The largest absolute Gasteiger partial charge is 0.483 e. The molecule has 2 atom stereocenters. The molecule has 8 N–H and O–H groups in total. The monoisotopic (exact) mass is 675 g/mol. The van der Waals surface area contributed by atoms with Crippen LogP contribution in [0.2, 0.25) is 0 Å². The predicted octanol–water partition coefficient (Wildman–Crippen LogP) is 7.82. The summed E-state index contributed by atoms with van der Waals surface area (Å²) in [5.74, 6) is -0.00865. The molecule has 0 aliphatic carbocycles. The molecule has 48 heavy (non-hydrogen) atoms. The number of anilines is 2. The Bertz CT molecular complexity index is 1610. The second-order valence-corrected chi connectivity index (χ2v) is 13.8. The zero-order valence-corrected chi connectivity index (χ0v) is 30.2. The van der Waals surface area contributed by atoms with Crippen LogP contribution in [0.15, 0.2) is 66.9 Å². The summed E-state index contributed by atoms with van der Waals surface area (Å²) >= 11 is 1.75. The van der Waals surface area contributed by atoms with Gasteiger partial charge in [0.2, 0.25) is 0 Å². The van der Waals surface area contributed by atoms with Crippen molar-refractivity contribution in [3.05, 3.63) is 110 Å². The van der Waals surface area contributed by atoms with Gasteiger partial charge in [-0.25, -0.2) is 0 Å². The Labute approximate surface area is 289 Å². The van der Waals surface area contributed by atoms with Gasteiger partial charge in [-0.05, 0) is 106 Å². The molecule has 2 aromatic heterocycles. The summed E-state index contributed by atoms with van der Waals surface area (Å²) < 4.78 is 5.94. The molecule has 2 aromatic carbocycles. The second kappa shape index (κ2) is 18.9. The van der Waals surface area contributed by atoms with E-state index in [1.165, 1.54) is 16.0 Å². The fraction of sp³-hybridized carbons (Fsp3) is 0.395. The van der Waals surface area contributed by atoms with E-state index < -0.39 is 5.41 Å². The maximum absolute atomic E-state index is 13.8. The van der Waals surface area contributed by atoms with Crippen LogP contribution in [0.1, 0.15) is 76.9 Å². The number of carbonyl (C=O) groups is 2. The average Bonchev–Trinajstić information content (AvgIpc) is 3.40. The molecule has 0 saturated heterocycles. The van der Waals surface area contributed by atoms with Crippen molar-refractivity contribution >= 4 is 35.2 Å². The topological polar surface area (TPSA) is 162 Å². The summed E-state index contributed by atoms with van der Waals surface area (Å²) in [5, 5.41) is 13.9. The van der Waals surface area contributed by atoms with Crippen LogP contribution in [-0.2, 0) is 33.9 Å². The molecule has 0 amide bonds. The van der Waals surface area contributed by atoms with Crippen molar-refractivity contribution in [1.82, 2.24) is 16.5 Å². The van der Waals surface area contributed by atoms with Crippen LogP contribution < -0.4 is 22.5 Å². The Balaban J connectivity index is 0.00000193. The number of carboxylic acid groups (broad SMARTS) is 1. The first-order valence-electron chi connectivity index (χ1n) is 16.1. The Morgan fingerprint density at radius 3 is 2.44 bits per heavy atom. The maximum Gasteiger partial charge on any atom is 0.312 e. The van der Waals surface area contributed by atoms with Gasteiger partial charge in [-0.1, -0.05) is 49.4 Å². The number of carbonyl (C=O) groups excluding carboxylic acids is 1. The van der Waals surface area contributed by atoms with Crippen LogP contribution >= 0.6 is 11.3 Å². The van der Waals surface area contributed by atoms with Crippen molar-refractivity contribution < 1.29 is 19.4 Å². The van der Waals surface area contributed by atoms with E-state index >= 15 is 0 Å². The van der Waals surface area contributed by atoms with Gasteiger partial charge in [0.25, 0.3) is 6.47 Å². The van der Waals surface area contributed by atoms with E-state index in [1.54, 1.807) is 11.3 Å². The lowest BCUT2D eigenvalue weighted by molar-refractivity contribution is -0.156. The summed E-state index contributed by atoms with van der Waals surface area (Å²) in [4.78, 5) is 29.1. The van der Waals surface area contributed by atoms with Crippen molar-refractivity contribution in [2.45, 2.75) is 74.0 Å². The van der Waals surface area contributed by atoms with Crippen LogP contribution in [0, 0.1) is 32.1 Å². The molecule has 0 bridgehead atoms. The molecule has 0 fully saturated rings. The standard InChI is InChI=1S/C37H48N4O2S.CH2O2.H3N/c1-8-40-31-17-16-30(26(4)35(31)38)34(37(6,7)36(42)43-23-28-14-10-9-11-15-28)33-20-29(27(5)44-33)22-39-21-24(2)19-32-25(3)13-12-18-41-32;2-1-3;/h9-18,20,24,34,39-40H,8,19,21-23,38H2,1-7H3;1H,(H,2,3);1H3/t24-,34+;;/m0../s1. The molecule has 0 aliphatic heterocycles. The number of nitrogens with zero attached hydrogens (tertiary/aromatic N) is 1. The first kappa shape index (κ1) is 39.9. The average molecular weight is 676 g/mol. The lowest BCUT2D eigenvalue weighted by Crippen LogP contribution is -2.34. The molecule has 10 heteroatoms. The highest BCUT2D eigenvalue weighted by Crippen LogP contribution is 2.47. The lowest BCUT2D eigenvalue weighted by atomic mass is 9.72. The number of nitrogens with two attached hydrogens (primary N) is 1. The summed E-state index contributed by atoms with van der Waals surface area (Å²) in [5.41, 5.74) is 14.1. The fourth-order valence-electron chi connectivity index (χ4n) is 5.78. The van der Waals surface area contributed by atoms with E-state index in [1.807, 2.05) is 62.5 Å². The number of thiophene rings is 1. The zero-order valence-electron chi connectivity index (χ0n) is 29.4. The van der Waals surface area contributed by atoms with Gasteiger partial charge in [0.1, 0.15) is 6.61 Å². The molecule has 0 radical (unpaired) electrons. The first-order chi connectivity index (χ1) is 22.4. The molecular weight excluding hydrogens is 623 g/mol. The van der Waals surface area contributed by atoms with E-state index in [-0.39, 0.29) is 31.1 Å². The summed E-state index contributed by atoms with van der Waals surface area (Å²) in [6.45, 7) is 17.1. The quantitative estimate of drug-likeness (QED) is 0.0510. The highest BCUT2D eigenvalue weighted by Gasteiger charge is 2.42. The van der Waals surface area contributed by atoms with Crippen molar-refractivity contribution in [3.8, 4) is 0 Å². The minimum absolute atomic E-state index is 0. The first-order valence-corrected chi connectivity index (χ1v) is 16.9. The van der Waals surface area contributed by atoms with Gasteiger partial charge < -0.3 is 32.4 Å². The number of hydrogen-bond donors (Lipinski definition) is 5. The second-order valence-electron chi connectivity index (χ2n) is 12.5. The molecule has 0 spiro atoms. The summed E-state index contributed by atoms with van der Waals surface area (Å²) in [6.07, 6.45) is 2.82. The Kier molecular flexibility index (Phi) is 15.7. The van der Waals surface area contributed by atoms with Gasteiger partial charge in [0.05, 0.1) is 16.8 Å². The number of hydrogen-bond acceptors (Lipinski definition) is 9. The van der Waals surface area contributed by atoms with Gasteiger partial charge in [0.15, 0.2) is 0 Å².